The lowest BCUT2D eigenvalue weighted by Gasteiger charge is -2.15. The molecule has 0 fully saturated rings. The van der Waals surface area contributed by atoms with Crippen molar-refractivity contribution in [1.82, 2.24) is 0 Å². The molecule has 0 aliphatic carbocycles. The van der Waals surface area contributed by atoms with E-state index in [0.717, 1.165) is 12.1 Å². The minimum atomic E-state index is 0. The van der Waals surface area contributed by atoms with E-state index in [9.17, 15) is 0 Å². The first-order chi connectivity index (χ1) is 6.68. The van der Waals surface area contributed by atoms with Gasteiger partial charge in [-0.2, -0.15) is 0 Å². The molecular weight excluding hydrogens is 252 g/mol. The Bertz CT molecular complexity index is 352. The molecule has 1 atom stereocenters. The van der Waals surface area contributed by atoms with Crippen LogP contribution in [0.1, 0.15) is 25.3 Å². The van der Waals surface area contributed by atoms with Gasteiger partial charge in [0.1, 0.15) is 0 Å². The zero-order valence-corrected chi connectivity index (χ0v) is 10.8. The first-order valence-electron chi connectivity index (χ1n) is 4.92. The van der Waals surface area contributed by atoms with E-state index in [2.05, 4.69) is 18.3 Å². The van der Waals surface area contributed by atoms with Crippen molar-refractivity contribution in [2.24, 2.45) is 0 Å². The zero-order chi connectivity index (χ0) is 10.1. The monoisotopic (exact) mass is 265 g/mol. The van der Waals surface area contributed by atoms with Gasteiger partial charge in [-0.3, -0.25) is 0 Å². The summed E-state index contributed by atoms with van der Waals surface area (Å²) in [7, 11) is 0. The van der Waals surface area contributed by atoms with E-state index in [-0.39, 0.29) is 12.4 Å². The molecule has 0 saturated carbocycles. The number of anilines is 1. The second-order valence-electron chi connectivity index (χ2n) is 3.83. The van der Waals surface area contributed by atoms with E-state index < -0.39 is 0 Å². The van der Waals surface area contributed by atoms with Crippen LogP contribution in [0.25, 0.3) is 0 Å². The van der Waals surface area contributed by atoms with Gasteiger partial charge in [-0.25, -0.2) is 0 Å². The summed E-state index contributed by atoms with van der Waals surface area (Å²) in [6.45, 7) is 2.17. The molecular formula is C11H14Cl3N. The van der Waals surface area contributed by atoms with Crippen LogP contribution in [0.2, 0.25) is 10.0 Å². The van der Waals surface area contributed by atoms with E-state index in [0.29, 0.717) is 16.1 Å². The molecule has 1 aliphatic rings. The Balaban J connectivity index is 0.00000112. The van der Waals surface area contributed by atoms with Crippen LogP contribution in [-0.4, -0.2) is 6.04 Å². The van der Waals surface area contributed by atoms with Crippen LogP contribution in [0.4, 0.5) is 5.69 Å². The molecule has 0 saturated heterocycles. The molecule has 0 aromatic heterocycles. The normalized spacial score (nSPS) is 19.5. The second kappa shape index (κ2) is 5.29. The SMILES string of the molecule is CC1CCCc2ccc(Cl)c(Cl)c2N1.Cl. The number of aryl methyl sites for hydroxylation is 1. The van der Waals surface area contributed by atoms with E-state index in [1.807, 2.05) is 6.07 Å². The minimum absolute atomic E-state index is 0. The second-order valence-corrected chi connectivity index (χ2v) is 4.62. The van der Waals surface area contributed by atoms with Crippen LogP contribution in [0.15, 0.2) is 12.1 Å². The Morgan fingerprint density at radius 1 is 1.33 bits per heavy atom. The van der Waals surface area contributed by atoms with Crippen LogP contribution in [0, 0.1) is 0 Å². The number of fused-ring (bicyclic) bond motifs is 1. The number of halogens is 3. The van der Waals surface area contributed by atoms with E-state index in [4.69, 9.17) is 23.2 Å². The van der Waals surface area contributed by atoms with E-state index in [1.54, 1.807) is 0 Å². The molecule has 1 aromatic carbocycles. The van der Waals surface area contributed by atoms with Crippen molar-refractivity contribution in [2.75, 3.05) is 5.32 Å². The van der Waals surface area contributed by atoms with Crippen LogP contribution in [0.3, 0.4) is 0 Å². The highest BCUT2D eigenvalue weighted by Crippen LogP contribution is 2.36. The molecule has 0 bridgehead atoms. The van der Waals surface area contributed by atoms with Gasteiger partial charge in [-0.1, -0.05) is 29.3 Å². The standard InChI is InChI=1S/C11H13Cl2N.ClH/c1-7-3-2-4-8-5-6-9(12)10(13)11(8)14-7;/h5-7,14H,2-4H2,1H3;1H. The summed E-state index contributed by atoms with van der Waals surface area (Å²) >= 11 is 12.1. The highest BCUT2D eigenvalue weighted by Gasteiger charge is 2.16. The Hall–Kier alpha value is -0.110. The molecule has 1 aliphatic heterocycles. The lowest BCUT2D eigenvalue weighted by atomic mass is 10.1. The van der Waals surface area contributed by atoms with Crippen molar-refractivity contribution >= 4 is 41.3 Å². The fourth-order valence-corrected chi connectivity index (χ4v) is 2.27. The summed E-state index contributed by atoms with van der Waals surface area (Å²) in [4.78, 5) is 0. The minimum Gasteiger partial charge on any atom is -0.381 e. The van der Waals surface area contributed by atoms with Gasteiger partial charge in [0.25, 0.3) is 0 Å². The Labute approximate surface area is 107 Å². The molecule has 1 unspecified atom stereocenters. The van der Waals surface area contributed by atoms with Gasteiger partial charge in [0.05, 0.1) is 15.7 Å². The van der Waals surface area contributed by atoms with Gasteiger partial charge in [0.2, 0.25) is 0 Å². The number of nitrogens with one attached hydrogen (secondary N) is 1. The van der Waals surface area contributed by atoms with Gasteiger partial charge < -0.3 is 5.32 Å². The molecule has 0 spiro atoms. The maximum absolute atomic E-state index is 6.15. The smallest absolute Gasteiger partial charge is 0.0826 e. The van der Waals surface area contributed by atoms with Crippen LogP contribution < -0.4 is 5.32 Å². The summed E-state index contributed by atoms with van der Waals surface area (Å²) < 4.78 is 0. The molecule has 1 N–H and O–H groups in total. The van der Waals surface area contributed by atoms with Crippen molar-refractivity contribution in [3.8, 4) is 0 Å². The molecule has 0 radical (unpaired) electrons. The number of benzene rings is 1. The third kappa shape index (κ3) is 2.72. The summed E-state index contributed by atoms with van der Waals surface area (Å²) in [5, 5.41) is 4.71. The quantitative estimate of drug-likeness (QED) is 0.726. The average Bonchev–Trinajstić information content (AvgIpc) is 2.34. The highest BCUT2D eigenvalue weighted by molar-refractivity contribution is 6.43. The summed E-state index contributed by atoms with van der Waals surface area (Å²) in [6, 6.07) is 4.42. The largest absolute Gasteiger partial charge is 0.381 e. The maximum atomic E-state index is 6.15. The molecule has 84 valence electrons. The summed E-state index contributed by atoms with van der Waals surface area (Å²) in [5.74, 6) is 0. The highest BCUT2D eigenvalue weighted by atomic mass is 35.5. The number of rotatable bonds is 0. The molecule has 4 heteroatoms. The molecule has 15 heavy (non-hydrogen) atoms. The third-order valence-electron chi connectivity index (χ3n) is 2.66. The Kier molecular flexibility index (Phi) is 4.57. The van der Waals surface area contributed by atoms with Gasteiger partial charge >= 0.3 is 0 Å². The van der Waals surface area contributed by atoms with Crippen molar-refractivity contribution in [1.29, 1.82) is 0 Å². The maximum Gasteiger partial charge on any atom is 0.0826 e. The topological polar surface area (TPSA) is 12.0 Å². The first-order valence-corrected chi connectivity index (χ1v) is 5.67. The summed E-state index contributed by atoms with van der Waals surface area (Å²) in [6.07, 6.45) is 3.48. The molecule has 1 aromatic rings. The number of hydrogen-bond acceptors (Lipinski definition) is 1. The predicted octanol–water partition coefficient (Wildman–Crippen LogP) is 4.55. The van der Waals surface area contributed by atoms with Crippen molar-refractivity contribution in [2.45, 2.75) is 32.2 Å². The van der Waals surface area contributed by atoms with Crippen molar-refractivity contribution < 1.29 is 0 Å². The van der Waals surface area contributed by atoms with E-state index in [1.165, 1.54) is 18.4 Å². The fourth-order valence-electron chi connectivity index (χ4n) is 1.87. The lowest BCUT2D eigenvalue weighted by molar-refractivity contribution is 0.674. The van der Waals surface area contributed by atoms with Gasteiger partial charge in [0, 0.05) is 6.04 Å². The molecule has 0 amide bonds. The first kappa shape index (κ1) is 13.0. The van der Waals surface area contributed by atoms with Crippen molar-refractivity contribution in [3.05, 3.63) is 27.7 Å². The number of hydrogen-bond donors (Lipinski definition) is 1. The van der Waals surface area contributed by atoms with Crippen LogP contribution in [-0.2, 0) is 6.42 Å². The average molecular weight is 267 g/mol. The summed E-state index contributed by atoms with van der Waals surface area (Å²) in [5.41, 5.74) is 2.31. The molecule has 1 heterocycles. The Morgan fingerprint density at radius 2 is 2.07 bits per heavy atom. The Morgan fingerprint density at radius 3 is 2.80 bits per heavy atom. The van der Waals surface area contributed by atoms with Gasteiger partial charge in [-0.05, 0) is 37.8 Å². The van der Waals surface area contributed by atoms with Crippen molar-refractivity contribution in [3.63, 3.8) is 0 Å². The van der Waals surface area contributed by atoms with Gasteiger partial charge in [-0.15, -0.1) is 12.4 Å². The molecule has 2 rings (SSSR count). The van der Waals surface area contributed by atoms with Gasteiger partial charge in [0.15, 0.2) is 0 Å². The molecule has 1 nitrogen and oxygen atoms in total. The fraction of sp³-hybridized carbons (Fsp3) is 0.455. The lowest BCUT2D eigenvalue weighted by Crippen LogP contribution is -2.13. The van der Waals surface area contributed by atoms with Crippen LogP contribution >= 0.6 is 35.6 Å². The predicted molar refractivity (Wildman–Crippen MR) is 69.7 cm³/mol. The van der Waals surface area contributed by atoms with E-state index >= 15 is 0 Å². The van der Waals surface area contributed by atoms with Crippen LogP contribution in [0.5, 0.6) is 0 Å². The third-order valence-corrected chi connectivity index (χ3v) is 3.46. The zero-order valence-electron chi connectivity index (χ0n) is 8.52.